The lowest BCUT2D eigenvalue weighted by Crippen LogP contribution is -2.01. The fraction of sp³-hybridized carbons (Fsp3) is 0.312. The number of benzene rings is 2. The summed E-state index contributed by atoms with van der Waals surface area (Å²) in [5.41, 5.74) is 8.88. The van der Waals surface area contributed by atoms with E-state index in [1.165, 1.54) is 52.7 Å². The summed E-state index contributed by atoms with van der Waals surface area (Å²) in [5.74, 6) is 1.34. The van der Waals surface area contributed by atoms with Crippen molar-refractivity contribution in [1.82, 2.24) is 9.97 Å². The van der Waals surface area contributed by atoms with Crippen LogP contribution in [0.25, 0.3) is 5.57 Å². The van der Waals surface area contributed by atoms with Gasteiger partial charge in [-0.2, -0.15) is 0 Å². The summed E-state index contributed by atoms with van der Waals surface area (Å²) >= 11 is 0. The fourth-order valence-electron chi connectivity index (χ4n) is 4.66. The molecule has 2 aromatic carbocycles. The van der Waals surface area contributed by atoms with Gasteiger partial charge >= 0.3 is 0 Å². The largest absolute Gasteiger partial charge is 0.241 e. The van der Waals surface area contributed by atoms with Gasteiger partial charge in [0.2, 0.25) is 0 Å². The van der Waals surface area contributed by atoms with Crippen molar-refractivity contribution < 1.29 is 0 Å². The van der Waals surface area contributed by atoms with Crippen molar-refractivity contribution in [3.05, 3.63) is 125 Å². The molecule has 2 heteroatoms. The van der Waals surface area contributed by atoms with E-state index in [1.807, 2.05) is 12.3 Å². The van der Waals surface area contributed by atoms with E-state index in [9.17, 15) is 0 Å². The molecule has 0 amide bonds. The van der Waals surface area contributed by atoms with Crippen LogP contribution in [0.1, 0.15) is 80.1 Å². The topological polar surface area (TPSA) is 25.8 Å². The third kappa shape index (κ3) is 6.41. The van der Waals surface area contributed by atoms with Gasteiger partial charge in [0.15, 0.2) is 0 Å². The van der Waals surface area contributed by atoms with Crippen LogP contribution in [0, 0.1) is 0 Å². The van der Waals surface area contributed by atoms with E-state index in [0.29, 0.717) is 5.92 Å². The van der Waals surface area contributed by atoms with Crippen molar-refractivity contribution in [2.75, 3.05) is 0 Å². The smallest absolute Gasteiger partial charge is 0.133 e. The summed E-state index contributed by atoms with van der Waals surface area (Å²) in [5, 5.41) is 0. The van der Waals surface area contributed by atoms with E-state index >= 15 is 0 Å². The average molecular weight is 449 g/mol. The lowest BCUT2D eigenvalue weighted by molar-refractivity contribution is 0.717. The Bertz CT molecular complexity index is 1170. The molecule has 2 nitrogen and oxygen atoms in total. The van der Waals surface area contributed by atoms with E-state index in [-0.39, 0.29) is 0 Å². The fourth-order valence-corrected chi connectivity index (χ4v) is 4.66. The van der Waals surface area contributed by atoms with Gasteiger partial charge in [0.25, 0.3) is 0 Å². The highest BCUT2D eigenvalue weighted by atomic mass is 14.9. The second kappa shape index (κ2) is 11.7. The normalized spacial score (nSPS) is 13.9. The molecule has 1 aliphatic carbocycles. The number of allylic oxidation sites excluding steroid dienone is 5. The zero-order chi connectivity index (χ0) is 23.8. The van der Waals surface area contributed by atoms with Crippen LogP contribution in [0.15, 0.2) is 96.7 Å². The standard InChI is InChI=1S/C32H36N2/c1-4-5-7-11-26-12-10-13-27(21-26)22-32-33-19-18-31(34-32)30-17-16-29(23-30)25(3)20-24(2)28-14-8-6-9-15-28/h6,8-10,12-19,21,24H,3-5,7,11,20,22-23H2,1-2H3/t24-/m0/s1. The first-order valence-corrected chi connectivity index (χ1v) is 12.7. The van der Waals surface area contributed by atoms with Crippen molar-refractivity contribution in [1.29, 1.82) is 0 Å². The minimum absolute atomic E-state index is 0.460. The molecule has 1 aromatic heterocycles. The predicted octanol–water partition coefficient (Wildman–Crippen LogP) is 8.26. The molecule has 0 aliphatic heterocycles. The van der Waals surface area contributed by atoms with Crippen LogP contribution in [0.3, 0.4) is 0 Å². The first-order valence-electron chi connectivity index (χ1n) is 12.7. The Kier molecular flexibility index (Phi) is 8.25. The third-order valence-corrected chi connectivity index (χ3v) is 6.70. The van der Waals surface area contributed by atoms with Gasteiger partial charge in [-0.15, -0.1) is 0 Å². The zero-order valence-corrected chi connectivity index (χ0v) is 20.6. The number of rotatable bonds is 11. The molecule has 0 fully saturated rings. The SMILES string of the molecule is C=C(C[C@H](C)c1ccccc1)C1=CC=C(c2ccnc(Cc3cccc(CCCCC)c3)n2)C1. The molecule has 1 atom stereocenters. The first-order chi connectivity index (χ1) is 16.6. The van der Waals surface area contributed by atoms with Crippen LogP contribution in [-0.2, 0) is 12.8 Å². The molecule has 3 aromatic rings. The molecule has 0 radical (unpaired) electrons. The van der Waals surface area contributed by atoms with Gasteiger partial charge in [0, 0.05) is 12.6 Å². The Balaban J connectivity index is 1.36. The van der Waals surface area contributed by atoms with Crippen LogP contribution >= 0.6 is 0 Å². The monoisotopic (exact) mass is 448 g/mol. The maximum Gasteiger partial charge on any atom is 0.133 e. The molecule has 0 N–H and O–H groups in total. The van der Waals surface area contributed by atoms with Gasteiger partial charge in [0.05, 0.1) is 5.69 Å². The number of hydrogen-bond donors (Lipinski definition) is 0. The van der Waals surface area contributed by atoms with Gasteiger partial charge < -0.3 is 0 Å². The summed E-state index contributed by atoms with van der Waals surface area (Å²) in [6.07, 6.45) is 13.9. The van der Waals surface area contributed by atoms with Crippen molar-refractivity contribution in [3.8, 4) is 0 Å². The number of nitrogens with zero attached hydrogens (tertiary/aromatic N) is 2. The van der Waals surface area contributed by atoms with Crippen LogP contribution in [-0.4, -0.2) is 9.97 Å². The van der Waals surface area contributed by atoms with Crippen LogP contribution in [0.2, 0.25) is 0 Å². The van der Waals surface area contributed by atoms with Crippen molar-refractivity contribution >= 4 is 5.57 Å². The Morgan fingerprint density at radius 3 is 2.62 bits per heavy atom. The molecule has 1 aliphatic rings. The van der Waals surface area contributed by atoms with Crippen LogP contribution in [0.4, 0.5) is 0 Å². The first kappa shape index (κ1) is 23.9. The Hall–Kier alpha value is -3.26. The summed E-state index contributed by atoms with van der Waals surface area (Å²) in [7, 11) is 0. The molecule has 1 heterocycles. The quantitative estimate of drug-likeness (QED) is 0.276. The molecule has 0 bridgehead atoms. The summed E-state index contributed by atoms with van der Waals surface area (Å²) in [4.78, 5) is 9.48. The summed E-state index contributed by atoms with van der Waals surface area (Å²) in [6, 6.07) is 21.6. The third-order valence-electron chi connectivity index (χ3n) is 6.70. The van der Waals surface area contributed by atoms with Gasteiger partial charge in [-0.25, -0.2) is 9.97 Å². The van der Waals surface area contributed by atoms with E-state index in [0.717, 1.165) is 37.2 Å². The van der Waals surface area contributed by atoms with E-state index in [2.05, 4.69) is 92.2 Å². The van der Waals surface area contributed by atoms with Crippen LogP contribution in [0.5, 0.6) is 0 Å². The highest BCUT2D eigenvalue weighted by Gasteiger charge is 2.17. The molecular formula is C32H36N2. The second-order valence-corrected chi connectivity index (χ2v) is 9.49. The van der Waals surface area contributed by atoms with Crippen molar-refractivity contribution in [3.63, 3.8) is 0 Å². The summed E-state index contributed by atoms with van der Waals surface area (Å²) < 4.78 is 0. The number of unbranched alkanes of at least 4 members (excludes halogenated alkanes) is 2. The molecule has 0 saturated carbocycles. The number of aromatic nitrogens is 2. The number of hydrogen-bond acceptors (Lipinski definition) is 2. The van der Waals surface area contributed by atoms with Crippen molar-refractivity contribution in [2.24, 2.45) is 0 Å². The molecule has 0 unspecified atom stereocenters. The molecule has 0 spiro atoms. The van der Waals surface area contributed by atoms with Gasteiger partial charge in [0.1, 0.15) is 5.82 Å². The van der Waals surface area contributed by atoms with Gasteiger partial charge in [-0.05, 0) is 65.5 Å². The zero-order valence-electron chi connectivity index (χ0n) is 20.6. The Morgan fingerprint density at radius 2 is 1.79 bits per heavy atom. The lowest BCUT2D eigenvalue weighted by Gasteiger charge is -2.15. The maximum atomic E-state index is 4.92. The highest BCUT2D eigenvalue weighted by molar-refractivity contribution is 5.72. The van der Waals surface area contributed by atoms with E-state index in [1.54, 1.807) is 0 Å². The van der Waals surface area contributed by atoms with Gasteiger partial charge in [-0.1, -0.05) is 106 Å². The summed E-state index contributed by atoms with van der Waals surface area (Å²) in [6.45, 7) is 8.93. The van der Waals surface area contributed by atoms with E-state index in [4.69, 9.17) is 4.98 Å². The molecule has 34 heavy (non-hydrogen) atoms. The molecule has 4 rings (SSSR count). The second-order valence-electron chi connectivity index (χ2n) is 9.49. The minimum atomic E-state index is 0.460. The Labute approximate surface area is 205 Å². The minimum Gasteiger partial charge on any atom is -0.241 e. The molecule has 174 valence electrons. The van der Waals surface area contributed by atoms with Crippen molar-refractivity contribution in [2.45, 2.75) is 64.7 Å². The predicted molar refractivity (Wildman–Crippen MR) is 144 cm³/mol. The number of aryl methyl sites for hydroxylation is 1. The van der Waals surface area contributed by atoms with E-state index < -0.39 is 0 Å². The Morgan fingerprint density at radius 1 is 0.971 bits per heavy atom. The highest BCUT2D eigenvalue weighted by Crippen LogP contribution is 2.34. The van der Waals surface area contributed by atoms with Crippen LogP contribution < -0.4 is 0 Å². The maximum absolute atomic E-state index is 4.92. The average Bonchev–Trinajstić information content (AvgIpc) is 3.36. The lowest BCUT2D eigenvalue weighted by atomic mass is 9.90. The van der Waals surface area contributed by atoms with Gasteiger partial charge in [-0.3, -0.25) is 0 Å². The molecular weight excluding hydrogens is 412 g/mol. The molecule has 0 saturated heterocycles.